The van der Waals surface area contributed by atoms with Crippen LogP contribution >= 0.6 is 40.1 Å². The number of benzene rings is 3. The van der Waals surface area contributed by atoms with E-state index in [0.717, 1.165) is 33.2 Å². The van der Waals surface area contributed by atoms with E-state index < -0.39 is 0 Å². The molecule has 11 heteroatoms. The SMILES string of the molecule is COc1cc(CNCCSc2nnnn2-c2ccccc2)cc(Br)c1OCc1ccccc1F.Cl. The molecule has 35 heavy (non-hydrogen) atoms. The summed E-state index contributed by atoms with van der Waals surface area (Å²) >= 11 is 5.14. The summed E-state index contributed by atoms with van der Waals surface area (Å²) in [5.74, 6) is 1.63. The first-order chi connectivity index (χ1) is 16.7. The zero-order chi connectivity index (χ0) is 23.8. The first kappa shape index (κ1) is 26.9. The fraction of sp³-hybridized carbons (Fsp3) is 0.208. The lowest BCUT2D eigenvalue weighted by Gasteiger charge is -2.15. The number of hydrogen-bond donors (Lipinski definition) is 1. The quantitative estimate of drug-likeness (QED) is 0.187. The molecular formula is C24H24BrClFN5O2S. The first-order valence-electron chi connectivity index (χ1n) is 10.6. The Morgan fingerprint density at radius 3 is 2.63 bits per heavy atom. The van der Waals surface area contributed by atoms with Crippen molar-refractivity contribution < 1.29 is 13.9 Å². The second-order valence-corrected chi connectivity index (χ2v) is 9.14. The fourth-order valence-electron chi connectivity index (χ4n) is 3.23. The molecule has 0 aliphatic rings. The molecule has 0 saturated heterocycles. The van der Waals surface area contributed by atoms with Gasteiger partial charge in [-0.25, -0.2) is 4.39 Å². The summed E-state index contributed by atoms with van der Waals surface area (Å²) in [6, 6.07) is 20.2. The maximum absolute atomic E-state index is 13.9. The lowest BCUT2D eigenvalue weighted by molar-refractivity contribution is 0.277. The van der Waals surface area contributed by atoms with Crippen molar-refractivity contribution in [2.24, 2.45) is 0 Å². The van der Waals surface area contributed by atoms with Gasteiger partial charge in [-0.1, -0.05) is 48.2 Å². The van der Waals surface area contributed by atoms with Crippen LogP contribution in [-0.2, 0) is 13.2 Å². The van der Waals surface area contributed by atoms with E-state index in [-0.39, 0.29) is 24.8 Å². The lowest BCUT2D eigenvalue weighted by Crippen LogP contribution is -2.17. The summed E-state index contributed by atoms with van der Waals surface area (Å²) in [5, 5.41) is 16.1. The van der Waals surface area contributed by atoms with Crippen molar-refractivity contribution >= 4 is 40.1 Å². The number of hydrogen-bond acceptors (Lipinski definition) is 7. The number of halogens is 3. The summed E-state index contributed by atoms with van der Waals surface area (Å²) in [5.41, 5.74) is 2.44. The molecule has 4 rings (SSSR count). The van der Waals surface area contributed by atoms with E-state index in [1.54, 1.807) is 41.8 Å². The van der Waals surface area contributed by atoms with Crippen molar-refractivity contribution in [2.75, 3.05) is 19.4 Å². The molecular weight excluding hydrogens is 557 g/mol. The molecule has 0 atom stereocenters. The Kier molecular flexibility index (Phi) is 10.3. The summed E-state index contributed by atoms with van der Waals surface area (Å²) in [7, 11) is 1.59. The normalized spacial score (nSPS) is 10.6. The Labute approximate surface area is 221 Å². The molecule has 1 aromatic heterocycles. The van der Waals surface area contributed by atoms with Crippen LogP contribution in [0.1, 0.15) is 11.1 Å². The van der Waals surface area contributed by atoms with Crippen LogP contribution < -0.4 is 14.8 Å². The maximum Gasteiger partial charge on any atom is 0.214 e. The van der Waals surface area contributed by atoms with Crippen molar-refractivity contribution in [1.29, 1.82) is 0 Å². The van der Waals surface area contributed by atoms with Gasteiger partial charge >= 0.3 is 0 Å². The predicted molar refractivity (Wildman–Crippen MR) is 140 cm³/mol. The van der Waals surface area contributed by atoms with Crippen molar-refractivity contribution in [3.05, 3.63) is 88.1 Å². The zero-order valence-corrected chi connectivity index (χ0v) is 22.1. The fourth-order valence-corrected chi connectivity index (χ4v) is 4.62. The van der Waals surface area contributed by atoms with Gasteiger partial charge in [0.2, 0.25) is 5.16 Å². The van der Waals surface area contributed by atoms with Crippen LogP contribution in [0.5, 0.6) is 11.5 Å². The van der Waals surface area contributed by atoms with Crippen molar-refractivity contribution in [2.45, 2.75) is 18.3 Å². The van der Waals surface area contributed by atoms with E-state index in [2.05, 4.69) is 36.8 Å². The largest absolute Gasteiger partial charge is 0.493 e. The molecule has 0 fully saturated rings. The van der Waals surface area contributed by atoms with E-state index in [1.807, 2.05) is 42.5 Å². The van der Waals surface area contributed by atoms with E-state index >= 15 is 0 Å². The minimum atomic E-state index is -0.297. The predicted octanol–water partition coefficient (Wildman–Crippen LogP) is 5.46. The number of nitrogens with zero attached hydrogens (tertiary/aromatic N) is 4. The average Bonchev–Trinajstić information content (AvgIpc) is 3.33. The topological polar surface area (TPSA) is 74.1 Å². The zero-order valence-electron chi connectivity index (χ0n) is 18.9. The van der Waals surface area contributed by atoms with Crippen LogP contribution in [0, 0.1) is 5.82 Å². The molecule has 0 amide bonds. The number of tetrazole rings is 1. The minimum absolute atomic E-state index is 0. The number of rotatable bonds is 11. The Balaban J connectivity index is 0.00000342. The molecule has 184 valence electrons. The van der Waals surface area contributed by atoms with E-state index in [4.69, 9.17) is 9.47 Å². The van der Waals surface area contributed by atoms with Crippen molar-refractivity contribution in [3.63, 3.8) is 0 Å². The highest BCUT2D eigenvalue weighted by Gasteiger charge is 2.13. The highest BCUT2D eigenvalue weighted by molar-refractivity contribution is 9.10. The Morgan fingerprint density at radius 1 is 1.09 bits per heavy atom. The third-order valence-electron chi connectivity index (χ3n) is 4.90. The number of para-hydroxylation sites is 1. The second kappa shape index (κ2) is 13.4. The standard InChI is InChI=1S/C24H23BrFN5O2S.ClH/c1-32-22-14-17(13-20(25)23(22)33-16-18-7-5-6-10-21(18)26)15-27-11-12-34-24-28-29-30-31(24)19-8-3-2-4-9-19;/h2-10,13-14,27H,11-12,15-16H2,1H3;1H. The first-order valence-corrected chi connectivity index (χ1v) is 12.3. The van der Waals surface area contributed by atoms with Crippen LogP contribution in [0.2, 0.25) is 0 Å². The Bertz CT molecular complexity index is 1230. The van der Waals surface area contributed by atoms with Gasteiger partial charge in [-0.15, -0.1) is 17.5 Å². The third-order valence-corrected chi connectivity index (χ3v) is 6.41. The molecule has 0 aliphatic heterocycles. The van der Waals surface area contributed by atoms with Gasteiger partial charge in [-0.3, -0.25) is 0 Å². The van der Waals surface area contributed by atoms with Crippen LogP contribution in [0.3, 0.4) is 0 Å². The monoisotopic (exact) mass is 579 g/mol. The molecule has 0 unspecified atom stereocenters. The van der Waals surface area contributed by atoms with Gasteiger partial charge in [0.15, 0.2) is 11.5 Å². The molecule has 4 aromatic rings. The molecule has 3 aromatic carbocycles. The van der Waals surface area contributed by atoms with Gasteiger partial charge < -0.3 is 14.8 Å². The van der Waals surface area contributed by atoms with Crippen molar-refractivity contribution in [1.82, 2.24) is 25.5 Å². The number of methoxy groups -OCH3 is 1. The van der Waals surface area contributed by atoms with Gasteiger partial charge in [0.1, 0.15) is 12.4 Å². The summed E-state index contributed by atoms with van der Waals surface area (Å²) in [6.45, 7) is 1.52. The Hall–Kier alpha value is -2.66. The van der Waals surface area contributed by atoms with Gasteiger partial charge in [-0.2, -0.15) is 4.68 Å². The second-order valence-electron chi connectivity index (χ2n) is 7.22. The molecule has 0 bridgehead atoms. The molecule has 0 aliphatic carbocycles. The van der Waals surface area contributed by atoms with Crippen LogP contribution in [-0.4, -0.2) is 39.6 Å². The van der Waals surface area contributed by atoms with Gasteiger partial charge in [0, 0.05) is 24.4 Å². The highest BCUT2D eigenvalue weighted by atomic mass is 79.9. The van der Waals surface area contributed by atoms with Crippen LogP contribution in [0.15, 0.2) is 76.4 Å². The van der Waals surface area contributed by atoms with E-state index in [9.17, 15) is 4.39 Å². The number of thioether (sulfide) groups is 1. The molecule has 1 heterocycles. The van der Waals surface area contributed by atoms with Gasteiger partial charge in [-0.05, 0) is 62.3 Å². The summed E-state index contributed by atoms with van der Waals surface area (Å²) in [6.07, 6.45) is 0. The van der Waals surface area contributed by atoms with Gasteiger partial charge in [0.25, 0.3) is 0 Å². The number of aromatic nitrogens is 4. The molecule has 1 N–H and O–H groups in total. The molecule has 7 nitrogen and oxygen atoms in total. The molecule has 0 radical (unpaired) electrons. The Morgan fingerprint density at radius 2 is 1.86 bits per heavy atom. The van der Waals surface area contributed by atoms with Crippen LogP contribution in [0.25, 0.3) is 5.69 Å². The molecule has 0 saturated carbocycles. The summed E-state index contributed by atoms with van der Waals surface area (Å²) in [4.78, 5) is 0. The average molecular weight is 581 g/mol. The van der Waals surface area contributed by atoms with E-state index in [0.29, 0.717) is 23.6 Å². The molecule has 0 spiro atoms. The highest BCUT2D eigenvalue weighted by Crippen LogP contribution is 2.37. The van der Waals surface area contributed by atoms with E-state index in [1.165, 1.54) is 6.07 Å². The minimum Gasteiger partial charge on any atom is -0.493 e. The number of ether oxygens (including phenoxy) is 2. The lowest BCUT2D eigenvalue weighted by atomic mass is 10.2. The van der Waals surface area contributed by atoms with Crippen molar-refractivity contribution in [3.8, 4) is 17.2 Å². The number of nitrogens with one attached hydrogen (secondary N) is 1. The smallest absolute Gasteiger partial charge is 0.214 e. The summed E-state index contributed by atoms with van der Waals surface area (Å²) < 4.78 is 27.7. The van der Waals surface area contributed by atoms with Gasteiger partial charge in [0.05, 0.1) is 17.3 Å². The maximum atomic E-state index is 13.9. The third kappa shape index (κ3) is 7.17. The van der Waals surface area contributed by atoms with Crippen LogP contribution in [0.4, 0.5) is 4.39 Å².